The first-order chi connectivity index (χ1) is 16.8. The second-order valence-corrected chi connectivity index (χ2v) is 11.0. The lowest BCUT2D eigenvalue weighted by atomic mass is 9.51. The number of hydrogen-bond acceptors (Lipinski definition) is 4. The van der Waals surface area contributed by atoms with Crippen LogP contribution >= 0.6 is 0 Å². The second kappa shape index (κ2) is 10.9. The van der Waals surface area contributed by atoms with E-state index < -0.39 is 6.10 Å². The van der Waals surface area contributed by atoms with Gasteiger partial charge in [-0.05, 0) is 66.0 Å². The van der Waals surface area contributed by atoms with Crippen molar-refractivity contribution in [1.82, 2.24) is 15.6 Å². The SMILES string of the molecule is C[C@H]1[C@@H]2[C@@H](O)[C@@H]([C@H](C)C(=O)NCc3cccnc3)CC[C@@]2(C)CC[C@@H]1NC(=O)Cc1ccccc1. The number of aromatic nitrogens is 1. The van der Waals surface area contributed by atoms with Crippen LogP contribution in [-0.4, -0.2) is 34.1 Å². The van der Waals surface area contributed by atoms with Crippen molar-refractivity contribution in [3.63, 3.8) is 0 Å². The third-order valence-electron chi connectivity index (χ3n) is 8.69. The van der Waals surface area contributed by atoms with Crippen LogP contribution in [0.3, 0.4) is 0 Å². The Morgan fingerprint density at radius 2 is 1.83 bits per heavy atom. The Kier molecular flexibility index (Phi) is 7.90. The normalized spacial score (nSPS) is 31.1. The molecule has 1 aromatic carbocycles. The number of pyridine rings is 1. The van der Waals surface area contributed by atoms with Crippen LogP contribution in [0.5, 0.6) is 0 Å². The number of rotatable bonds is 7. The molecule has 0 spiro atoms. The molecule has 4 rings (SSSR count). The van der Waals surface area contributed by atoms with E-state index in [2.05, 4.69) is 29.5 Å². The standard InChI is InChI=1S/C29H39N3O3/c1-19(28(35)31-18-22-10-7-15-30-17-22)23-11-13-29(3)14-12-24(20(2)26(29)27(23)34)32-25(33)16-21-8-5-4-6-9-21/h4-10,15,17,19-20,23-24,26-27,34H,11-14,16,18H2,1-3H3,(H,31,35)(H,32,33)/t19-,20+,23+,24-,26+,27-,29-/m0/s1. The van der Waals surface area contributed by atoms with E-state index in [1.54, 1.807) is 12.4 Å². The van der Waals surface area contributed by atoms with Gasteiger partial charge in [0.2, 0.25) is 11.8 Å². The molecule has 2 saturated carbocycles. The molecule has 0 radical (unpaired) electrons. The average Bonchev–Trinajstić information content (AvgIpc) is 2.85. The van der Waals surface area contributed by atoms with Gasteiger partial charge in [-0.25, -0.2) is 0 Å². The maximum atomic E-state index is 13.0. The molecule has 2 amide bonds. The molecule has 1 heterocycles. The number of nitrogens with one attached hydrogen (secondary N) is 2. The third-order valence-corrected chi connectivity index (χ3v) is 8.69. The number of aliphatic hydroxyl groups is 1. The number of fused-ring (bicyclic) bond motifs is 1. The predicted octanol–water partition coefficient (Wildman–Crippen LogP) is 3.88. The van der Waals surface area contributed by atoms with E-state index in [4.69, 9.17) is 0 Å². The van der Waals surface area contributed by atoms with Crippen LogP contribution in [0.1, 0.15) is 57.6 Å². The molecule has 3 N–H and O–H groups in total. The van der Waals surface area contributed by atoms with Gasteiger partial charge in [-0.1, -0.05) is 57.2 Å². The Hall–Kier alpha value is -2.73. The lowest BCUT2D eigenvalue weighted by Gasteiger charge is -2.56. The first-order valence-electron chi connectivity index (χ1n) is 13.0. The van der Waals surface area contributed by atoms with Crippen LogP contribution in [0.4, 0.5) is 0 Å². The van der Waals surface area contributed by atoms with Gasteiger partial charge in [0.15, 0.2) is 0 Å². The minimum Gasteiger partial charge on any atom is -0.392 e. The summed E-state index contributed by atoms with van der Waals surface area (Å²) in [6, 6.07) is 13.6. The minimum atomic E-state index is -0.572. The zero-order valence-electron chi connectivity index (χ0n) is 21.1. The quantitative estimate of drug-likeness (QED) is 0.564. The number of amides is 2. The summed E-state index contributed by atoms with van der Waals surface area (Å²) >= 11 is 0. The lowest BCUT2D eigenvalue weighted by molar-refractivity contribution is -0.143. The molecule has 7 atom stereocenters. The Morgan fingerprint density at radius 1 is 1.11 bits per heavy atom. The Labute approximate surface area is 208 Å². The Morgan fingerprint density at radius 3 is 2.54 bits per heavy atom. The summed E-state index contributed by atoms with van der Waals surface area (Å²) in [6.07, 6.45) is 7.00. The molecular weight excluding hydrogens is 438 g/mol. The van der Waals surface area contributed by atoms with E-state index in [0.717, 1.165) is 36.8 Å². The molecule has 1 aromatic heterocycles. The summed E-state index contributed by atoms with van der Waals surface area (Å²) in [5, 5.41) is 17.9. The molecule has 6 nitrogen and oxygen atoms in total. The molecule has 6 heteroatoms. The Balaban J connectivity index is 1.39. The highest BCUT2D eigenvalue weighted by Gasteiger charge is 2.53. The fraction of sp³-hybridized carbons (Fsp3) is 0.552. The number of benzene rings is 1. The molecule has 2 aromatic rings. The van der Waals surface area contributed by atoms with Crippen LogP contribution in [0.2, 0.25) is 0 Å². The van der Waals surface area contributed by atoms with Crippen molar-refractivity contribution in [2.24, 2.45) is 29.1 Å². The third kappa shape index (κ3) is 5.75. The highest BCUT2D eigenvalue weighted by atomic mass is 16.3. The van der Waals surface area contributed by atoms with Gasteiger partial charge in [0.25, 0.3) is 0 Å². The van der Waals surface area contributed by atoms with Crippen LogP contribution in [0.25, 0.3) is 0 Å². The summed E-state index contributed by atoms with van der Waals surface area (Å²) in [5.41, 5.74) is 1.99. The number of nitrogens with zero attached hydrogens (tertiary/aromatic N) is 1. The molecule has 0 aliphatic heterocycles. The molecule has 2 aliphatic carbocycles. The van der Waals surface area contributed by atoms with Crippen molar-refractivity contribution in [2.45, 2.75) is 71.6 Å². The van der Waals surface area contributed by atoms with E-state index in [1.165, 1.54) is 0 Å². The number of aliphatic hydroxyl groups excluding tert-OH is 1. The van der Waals surface area contributed by atoms with Crippen molar-refractivity contribution in [2.75, 3.05) is 0 Å². The monoisotopic (exact) mass is 477 g/mol. The molecule has 35 heavy (non-hydrogen) atoms. The lowest BCUT2D eigenvalue weighted by Crippen LogP contribution is -2.58. The smallest absolute Gasteiger partial charge is 0.224 e. The van der Waals surface area contributed by atoms with Gasteiger partial charge in [-0.3, -0.25) is 14.6 Å². The molecule has 0 saturated heterocycles. The van der Waals surface area contributed by atoms with E-state index >= 15 is 0 Å². The zero-order chi connectivity index (χ0) is 25.0. The first-order valence-corrected chi connectivity index (χ1v) is 13.0. The van der Waals surface area contributed by atoms with Gasteiger partial charge in [-0.15, -0.1) is 0 Å². The molecule has 0 bridgehead atoms. The van der Waals surface area contributed by atoms with Gasteiger partial charge >= 0.3 is 0 Å². The summed E-state index contributed by atoms with van der Waals surface area (Å²) in [7, 11) is 0. The summed E-state index contributed by atoms with van der Waals surface area (Å²) in [4.78, 5) is 29.8. The van der Waals surface area contributed by atoms with Crippen molar-refractivity contribution in [3.05, 3.63) is 66.0 Å². The molecule has 2 fully saturated rings. The van der Waals surface area contributed by atoms with Gasteiger partial charge in [0.05, 0.1) is 12.5 Å². The van der Waals surface area contributed by atoms with Crippen LogP contribution < -0.4 is 10.6 Å². The predicted molar refractivity (Wildman–Crippen MR) is 136 cm³/mol. The summed E-state index contributed by atoms with van der Waals surface area (Å²) in [5.74, 6) is -0.198. The largest absolute Gasteiger partial charge is 0.392 e. The summed E-state index contributed by atoms with van der Waals surface area (Å²) in [6.45, 7) is 6.81. The fourth-order valence-electron chi connectivity index (χ4n) is 6.58. The van der Waals surface area contributed by atoms with Gasteiger partial charge in [0, 0.05) is 30.9 Å². The van der Waals surface area contributed by atoms with Crippen molar-refractivity contribution < 1.29 is 14.7 Å². The van der Waals surface area contributed by atoms with Crippen molar-refractivity contribution in [3.8, 4) is 0 Å². The topological polar surface area (TPSA) is 91.3 Å². The van der Waals surface area contributed by atoms with Crippen LogP contribution in [-0.2, 0) is 22.6 Å². The number of hydrogen-bond donors (Lipinski definition) is 3. The second-order valence-electron chi connectivity index (χ2n) is 11.0. The highest BCUT2D eigenvalue weighted by Crippen LogP contribution is 2.55. The van der Waals surface area contributed by atoms with E-state index in [9.17, 15) is 14.7 Å². The fourth-order valence-corrected chi connectivity index (χ4v) is 6.58. The number of carbonyl (C=O) groups is 2. The minimum absolute atomic E-state index is 0.0293. The molecule has 0 unspecified atom stereocenters. The number of carbonyl (C=O) groups excluding carboxylic acids is 2. The van der Waals surface area contributed by atoms with Crippen molar-refractivity contribution >= 4 is 11.8 Å². The molecule has 188 valence electrons. The maximum absolute atomic E-state index is 13.0. The van der Waals surface area contributed by atoms with E-state index in [1.807, 2.05) is 49.4 Å². The van der Waals surface area contributed by atoms with Gasteiger partial charge < -0.3 is 15.7 Å². The summed E-state index contributed by atoms with van der Waals surface area (Å²) < 4.78 is 0. The molecule has 2 aliphatic rings. The molecular formula is C29H39N3O3. The van der Waals surface area contributed by atoms with Crippen LogP contribution in [0, 0.1) is 29.1 Å². The Bertz CT molecular complexity index is 999. The van der Waals surface area contributed by atoms with Gasteiger partial charge in [0.1, 0.15) is 0 Å². The van der Waals surface area contributed by atoms with E-state index in [0.29, 0.717) is 13.0 Å². The maximum Gasteiger partial charge on any atom is 0.224 e. The average molecular weight is 478 g/mol. The van der Waals surface area contributed by atoms with E-state index in [-0.39, 0.29) is 46.9 Å². The highest BCUT2D eigenvalue weighted by molar-refractivity contribution is 5.79. The van der Waals surface area contributed by atoms with Gasteiger partial charge in [-0.2, -0.15) is 0 Å². The zero-order valence-corrected chi connectivity index (χ0v) is 21.1. The first kappa shape index (κ1) is 25.4. The van der Waals surface area contributed by atoms with Crippen LogP contribution in [0.15, 0.2) is 54.9 Å². The van der Waals surface area contributed by atoms with Crippen molar-refractivity contribution in [1.29, 1.82) is 0 Å².